The van der Waals surface area contributed by atoms with Crippen LogP contribution in [0.3, 0.4) is 0 Å². The van der Waals surface area contributed by atoms with Crippen LogP contribution in [0, 0.1) is 0 Å². The number of hydrogen-bond acceptors (Lipinski definition) is 7. The maximum absolute atomic E-state index is 12.3. The van der Waals surface area contributed by atoms with Gasteiger partial charge in [-0.3, -0.25) is 4.79 Å². The number of carboxylic acids is 1. The zero-order valence-electron chi connectivity index (χ0n) is 10.8. The summed E-state index contributed by atoms with van der Waals surface area (Å²) < 4.78 is 24.3. The molecule has 0 amide bonds. The van der Waals surface area contributed by atoms with Gasteiger partial charge in [0, 0.05) is 11.5 Å². The van der Waals surface area contributed by atoms with E-state index in [1.807, 2.05) is 0 Å². The minimum atomic E-state index is -3.83. The predicted octanol–water partition coefficient (Wildman–Crippen LogP) is 1.53. The Morgan fingerprint density at radius 3 is 2.36 bits per heavy atom. The fourth-order valence-electron chi connectivity index (χ4n) is 1.46. The van der Waals surface area contributed by atoms with Gasteiger partial charge in [-0.2, -0.15) is 0 Å². The van der Waals surface area contributed by atoms with E-state index in [9.17, 15) is 23.1 Å². The van der Waals surface area contributed by atoms with Crippen molar-refractivity contribution < 1.29 is 28.2 Å². The molecule has 0 aliphatic heterocycles. The predicted molar refractivity (Wildman–Crippen MR) is 77.3 cm³/mol. The molecule has 114 valence electrons. The van der Waals surface area contributed by atoms with Crippen LogP contribution in [-0.4, -0.2) is 35.4 Å². The van der Waals surface area contributed by atoms with Crippen LogP contribution in [0.25, 0.3) is 5.76 Å². The molecule has 2 rings (SSSR count). The molecule has 1 aromatic carbocycles. The number of hydrogen-bond donors (Lipinski definition) is 2. The van der Waals surface area contributed by atoms with Crippen LogP contribution in [-0.2, 0) is 19.4 Å². The number of carbonyl (C=O) groups is 2. The lowest BCUT2D eigenvalue weighted by Crippen LogP contribution is -2.09. The van der Waals surface area contributed by atoms with Crippen molar-refractivity contribution in [3.63, 3.8) is 0 Å². The van der Waals surface area contributed by atoms with Crippen LogP contribution in [0.2, 0.25) is 0 Å². The molecular weight excluding hydrogens is 330 g/mol. The second kappa shape index (κ2) is 6.08. The van der Waals surface area contributed by atoms with E-state index in [-0.39, 0.29) is 14.9 Å². The Balaban J connectivity index is 2.37. The first-order chi connectivity index (χ1) is 10.3. The summed E-state index contributed by atoms with van der Waals surface area (Å²) in [6.07, 6.45) is 0.469. The van der Waals surface area contributed by atoms with E-state index >= 15 is 0 Å². The second-order valence-corrected chi connectivity index (χ2v) is 7.00. The summed E-state index contributed by atoms with van der Waals surface area (Å²) >= 11 is 0.757. The van der Waals surface area contributed by atoms with Crippen molar-refractivity contribution in [2.24, 2.45) is 0 Å². The maximum atomic E-state index is 12.3. The van der Waals surface area contributed by atoms with Gasteiger partial charge < -0.3 is 10.2 Å². The summed E-state index contributed by atoms with van der Waals surface area (Å²) in [5, 5.41) is 19.3. The number of rotatable bonds is 5. The van der Waals surface area contributed by atoms with Gasteiger partial charge in [0.15, 0.2) is 0 Å². The van der Waals surface area contributed by atoms with E-state index in [2.05, 4.69) is 4.98 Å². The minimum Gasteiger partial charge on any atom is -0.506 e. The first kappa shape index (κ1) is 15.9. The van der Waals surface area contributed by atoms with Crippen molar-refractivity contribution in [1.29, 1.82) is 0 Å². The van der Waals surface area contributed by atoms with Crippen molar-refractivity contribution in [1.82, 2.24) is 4.98 Å². The molecule has 0 aliphatic rings. The number of sulfone groups is 1. The lowest BCUT2D eigenvalue weighted by molar-refractivity contribution is -0.146. The van der Waals surface area contributed by atoms with Gasteiger partial charge in [0.05, 0.1) is 4.90 Å². The third kappa shape index (κ3) is 3.21. The third-order valence-electron chi connectivity index (χ3n) is 2.51. The monoisotopic (exact) mass is 339 g/mol. The molecule has 0 aliphatic carbocycles. The minimum absolute atomic E-state index is 0.0426. The molecule has 1 aromatic heterocycles. The number of benzene rings is 1. The molecule has 0 atom stereocenters. The zero-order chi connectivity index (χ0) is 16.3. The number of aromatic nitrogens is 1. The van der Waals surface area contributed by atoms with E-state index in [1.54, 1.807) is 18.2 Å². The van der Waals surface area contributed by atoms with Crippen molar-refractivity contribution in [2.75, 3.05) is 0 Å². The van der Waals surface area contributed by atoms with Crippen LogP contribution >= 0.6 is 11.3 Å². The van der Waals surface area contributed by atoms with Gasteiger partial charge in [0.1, 0.15) is 11.5 Å². The average molecular weight is 339 g/mol. The van der Waals surface area contributed by atoms with Crippen molar-refractivity contribution in [2.45, 2.75) is 9.24 Å². The van der Waals surface area contributed by atoms with Gasteiger partial charge >= 0.3 is 5.97 Å². The summed E-state index contributed by atoms with van der Waals surface area (Å²) in [6.45, 7) is 0. The highest BCUT2D eigenvalue weighted by molar-refractivity contribution is 7.93. The van der Waals surface area contributed by atoms with Crippen molar-refractivity contribution >= 4 is 38.7 Å². The van der Waals surface area contributed by atoms with Crippen molar-refractivity contribution in [3.8, 4) is 0 Å². The zero-order valence-corrected chi connectivity index (χ0v) is 12.5. The smallest absolute Gasteiger partial charge is 0.376 e. The van der Waals surface area contributed by atoms with Crippen LogP contribution in [0.5, 0.6) is 0 Å². The summed E-state index contributed by atoms with van der Waals surface area (Å²) in [7, 11) is -3.83. The van der Waals surface area contributed by atoms with Gasteiger partial charge in [-0.15, -0.1) is 11.3 Å². The Morgan fingerprint density at radius 2 is 1.77 bits per heavy atom. The van der Waals surface area contributed by atoms with Gasteiger partial charge in [-0.1, -0.05) is 18.2 Å². The van der Waals surface area contributed by atoms with Gasteiger partial charge in [-0.05, 0) is 12.1 Å². The number of nitrogens with zero attached hydrogens (tertiary/aromatic N) is 1. The highest BCUT2D eigenvalue weighted by Gasteiger charge is 2.22. The second-order valence-electron chi connectivity index (χ2n) is 4.01. The normalized spacial score (nSPS) is 12.1. The summed E-state index contributed by atoms with van der Waals surface area (Å²) in [5.41, 5.74) is -0.186. The Bertz CT molecular complexity index is 852. The van der Waals surface area contributed by atoms with Crippen molar-refractivity contribution in [3.05, 3.63) is 47.5 Å². The molecular formula is C13H9NO6S2. The van der Waals surface area contributed by atoms with Crippen LogP contribution in [0.1, 0.15) is 5.69 Å². The standard InChI is InChI=1S/C13H9NO6S2/c15-10(6-11(16)12(17)18)9-7-21-13(14-9)22(19,20)8-4-2-1-3-5-8/h1-7,15H,(H,17,18). The van der Waals surface area contributed by atoms with E-state index in [0.29, 0.717) is 6.08 Å². The third-order valence-corrected chi connectivity index (χ3v) is 5.53. The molecule has 9 heteroatoms. The van der Waals surface area contributed by atoms with E-state index in [4.69, 9.17) is 5.11 Å². The summed E-state index contributed by atoms with van der Waals surface area (Å²) in [6, 6.07) is 7.59. The number of aliphatic hydroxyl groups excluding tert-OH is 1. The Hall–Kier alpha value is -2.52. The SMILES string of the molecule is O=C(O)C(=O)C=C(O)c1csc(S(=O)(=O)c2ccccc2)n1. The number of ketones is 1. The number of carboxylic acid groups (broad SMARTS) is 1. The van der Waals surface area contributed by atoms with Gasteiger partial charge in [0.25, 0.3) is 5.78 Å². The first-order valence-electron chi connectivity index (χ1n) is 5.76. The first-order valence-corrected chi connectivity index (χ1v) is 8.12. The highest BCUT2D eigenvalue weighted by Crippen LogP contribution is 2.25. The largest absolute Gasteiger partial charge is 0.506 e. The molecule has 2 aromatic rings. The molecule has 0 radical (unpaired) electrons. The quantitative estimate of drug-likeness (QED) is 0.481. The molecule has 0 bridgehead atoms. The molecule has 0 fully saturated rings. The molecule has 22 heavy (non-hydrogen) atoms. The van der Waals surface area contributed by atoms with E-state index in [1.165, 1.54) is 17.5 Å². The molecule has 0 spiro atoms. The van der Waals surface area contributed by atoms with Crippen LogP contribution in [0.15, 0.2) is 51.0 Å². The van der Waals surface area contributed by atoms with Gasteiger partial charge in [0.2, 0.25) is 14.2 Å². The van der Waals surface area contributed by atoms with Crippen LogP contribution in [0.4, 0.5) is 0 Å². The Labute approximate surface area is 129 Å². The van der Waals surface area contributed by atoms with E-state index in [0.717, 1.165) is 11.3 Å². The Kier molecular flexibility index (Phi) is 4.38. The highest BCUT2D eigenvalue weighted by atomic mass is 32.2. The Morgan fingerprint density at radius 1 is 1.14 bits per heavy atom. The molecule has 7 nitrogen and oxygen atoms in total. The van der Waals surface area contributed by atoms with Crippen LogP contribution < -0.4 is 0 Å². The number of carbonyl (C=O) groups excluding carboxylic acids is 1. The van der Waals surface area contributed by atoms with Gasteiger partial charge in [-0.25, -0.2) is 18.2 Å². The molecule has 0 saturated carbocycles. The topological polar surface area (TPSA) is 122 Å². The number of aliphatic hydroxyl groups is 1. The summed E-state index contributed by atoms with van der Waals surface area (Å²) in [5.74, 6) is -3.78. The fraction of sp³-hybridized carbons (Fsp3) is 0. The average Bonchev–Trinajstić information content (AvgIpc) is 2.98. The molecule has 1 heterocycles. The molecule has 2 N–H and O–H groups in total. The summed E-state index contributed by atoms with van der Waals surface area (Å²) in [4.78, 5) is 25.2. The lowest BCUT2D eigenvalue weighted by Gasteiger charge is -1.99. The number of thiazole rings is 1. The number of aliphatic carboxylic acids is 1. The maximum Gasteiger partial charge on any atom is 0.376 e. The molecule has 0 unspecified atom stereocenters. The lowest BCUT2D eigenvalue weighted by atomic mass is 10.3. The fourth-order valence-corrected chi connectivity index (χ4v) is 3.87. The molecule has 0 saturated heterocycles. The van der Waals surface area contributed by atoms with E-state index < -0.39 is 27.3 Å².